The van der Waals surface area contributed by atoms with Crippen molar-refractivity contribution in [1.29, 1.82) is 5.26 Å². The molecular weight excluding hydrogens is 812 g/mol. The predicted molar refractivity (Wildman–Crippen MR) is 240 cm³/mol. The Hall–Kier alpha value is -4.16. The number of nitriles is 1. The Morgan fingerprint density at radius 2 is 1.38 bits per heavy atom. The van der Waals surface area contributed by atoms with Gasteiger partial charge in [-0.1, -0.05) is 75.4 Å². The molecule has 0 N–H and O–H groups in total. The van der Waals surface area contributed by atoms with E-state index in [1.807, 2.05) is 78.9 Å². The van der Waals surface area contributed by atoms with E-state index in [1.165, 1.54) is 23.9 Å². The molecule has 1 aliphatic heterocycles. The Labute approximate surface area is 363 Å². The van der Waals surface area contributed by atoms with Crippen molar-refractivity contribution in [2.45, 2.75) is 115 Å². The van der Waals surface area contributed by atoms with Gasteiger partial charge in [-0.3, -0.25) is 13.9 Å². The summed E-state index contributed by atoms with van der Waals surface area (Å²) in [6.45, 7) is 19.1. The summed E-state index contributed by atoms with van der Waals surface area (Å²) in [5.74, 6) is 1.38. The van der Waals surface area contributed by atoms with Crippen molar-refractivity contribution in [3.63, 3.8) is 0 Å². The molecule has 0 saturated carbocycles. The number of hydrogen-bond donors (Lipinski definition) is 0. The molecule has 0 radical (unpaired) electrons. The van der Waals surface area contributed by atoms with E-state index in [0.29, 0.717) is 11.5 Å². The molecule has 5 atom stereocenters. The van der Waals surface area contributed by atoms with Crippen LogP contribution in [0.4, 0.5) is 0 Å². The van der Waals surface area contributed by atoms with E-state index in [9.17, 15) is 14.9 Å². The third-order valence-corrected chi connectivity index (χ3v) is 18.1. The summed E-state index contributed by atoms with van der Waals surface area (Å²) < 4.78 is 51.3. The lowest BCUT2D eigenvalue weighted by Gasteiger charge is -2.42. The van der Waals surface area contributed by atoms with Crippen molar-refractivity contribution < 1.29 is 32.4 Å². The molecule has 2 heterocycles. The van der Waals surface area contributed by atoms with Crippen LogP contribution < -0.4 is 20.7 Å². The van der Waals surface area contributed by atoms with Crippen LogP contribution in [0.15, 0.2) is 101 Å². The predicted octanol–water partition coefficient (Wildman–Crippen LogP) is 8.52. The highest BCUT2D eigenvalue weighted by molar-refractivity contribution is 7.44. The summed E-state index contributed by atoms with van der Waals surface area (Å²) in [6, 6.07) is 29.1. The average molecular weight is 875 g/mol. The third-order valence-electron chi connectivity index (χ3n) is 11.5. The first-order chi connectivity index (χ1) is 28.9. The van der Waals surface area contributed by atoms with Gasteiger partial charge in [0.25, 0.3) is 14.1 Å². The molecular formula is C46H63N4O9PSi. The molecule has 0 spiro atoms. The molecule has 61 heavy (non-hydrogen) atoms. The number of benzene rings is 3. The second-order valence-corrected chi connectivity index (χ2v) is 23.4. The van der Waals surface area contributed by atoms with Crippen LogP contribution >= 0.6 is 8.53 Å². The number of nitrogens with zero attached hydrogens (tertiary/aromatic N) is 4. The van der Waals surface area contributed by atoms with Crippen molar-refractivity contribution in [3.8, 4) is 17.6 Å². The SMILES string of the molecule is COc1ccc(C(OC[C@H]2O[C@@H](n3ccc(=O)n(C)c3=O)[C@H](O[Si](C)(C)C(C)(C)C)[C@@H]2OP(OCCC#N)N(C(C)C)C(C)C)(c2ccccc2)c2ccc(OC)cc2)cc1. The molecule has 0 aliphatic carbocycles. The second kappa shape index (κ2) is 20.3. The van der Waals surface area contributed by atoms with Gasteiger partial charge in [-0.15, -0.1) is 0 Å². The lowest BCUT2D eigenvalue weighted by molar-refractivity contribution is -0.0945. The fourth-order valence-electron chi connectivity index (χ4n) is 7.30. The Morgan fingerprint density at radius 1 is 0.836 bits per heavy atom. The minimum absolute atomic E-state index is 0.00270. The lowest BCUT2D eigenvalue weighted by atomic mass is 9.80. The van der Waals surface area contributed by atoms with Crippen molar-refractivity contribution in [3.05, 3.63) is 129 Å². The molecule has 1 fully saturated rings. The van der Waals surface area contributed by atoms with Gasteiger partial charge in [0.1, 0.15) is 35.4 Å². The summed E-state index contributed by atoms with van der Waals surface area (Å²) in [4.78, 5) is 26.7. The molecule has 1 aromatic heterocycles. The maximum absolute atomic E-state index is 14.0. The van der Waals surface area contributed by atoms with E-state index in [4.69, 9.17) is 32.4 Å². The van der Waals surface area contributed by atoms with E-state index in [0.717, 1.165) is 21.3 Å². The van der Waals surface area contributed by atoms with Crippen LogP contribution in [0.5, 0.6) is 11.5 Å². The fraction of sp³-hybridized carbons (Fsp3) is 0.500. The maximum Gasteiger partial charge on any atom is 0.332 e. The summed E-state index contributed by atoms with van der Waals surface area (Å²) in [7, 11) is 0.230. The largest absolute Gasteiger partial charge is 0.497 e. The highest BCUT2D eigenvalue weighted by Gasteiger charge is 2.54. The second-order valence-electron chi connectivity index (χ2n) is 17.2. The Balaban J connectivity index is 1.75. The molecule has 1 aliphatic rings. The fourth-order valence-corrected chi connectivity index (χ4v) is 10.3. The van der Waals surface area contributed by atoms with Gasteiger partial charge in [0.15, 0.2) is 14.5 Å². The summed E-state index contributed by atoms with van der Waals surface area (Å²) in [6.07, 6.45) is -1.97. The molecule has 5 rings (SSSR count). The zero-order valence-corrected chi connectivity index (χ0v) is 39.6. The number of rotatable bonds is 19. The normalized spacial score (nSPS) is 19.0. The van der Waals surface area contributed by atoms with Crippen LogP contribution in [-0.4, -0.2) is 80.0 Å². The average Bonchev–Trinajstić information content (AvgIpc) is 3.55. The number of methoxy groups -OCH3 is 2. The van der Waals surface area contributed by atoms with Crippen molar-refractivity contribution in [2.24, 2.45) is 7.05 Å². The van der Waals surface area contributed by atoms with Gasteiger partial charge in [0.2, 0.25) is 0 Å². The van der Waals surface area contributed by atoms with E-state index in [1.54, 1.807) is 14.2 Å². The molecule has 4 aromatic rings. The van der Waals surface area contributed by atoms with Crippen LogP contribution in [0.25, 0.3) is 0 Å². The minimum atomic E-state index is -2.65. The molecule has 15 heteroatoms. The van der Waals surface area contributed by atoms with Crippen LogP contribution in [0.1, 0.15) is 77.8 Å². The summed E-state index contributed by atoms with van der Waals surface area (Å²) >= 11 is 0. The summed E-state index contributed by atoms with van der Waals surface area (Å²) in [5, 5.41) is 9.28. The Bertz CT molecular complexity index is 2130. The van der Waals surface area contributed by atoms with Crippen LogP contribution in [0.2, 0.25) is 18.1 Å². The molecule has 330 valence electrons. The van der Waals surface area contributed by atoms with Gasteiger partial charge >= 0.3 is 5.69 Å². The molecule has 1 unspecified atom stereocenters. The zero-order valence-electron chi connectivity index (χ0n) is 37.7. The van der Waals surface area contributed by atoms with Crippen LogP contribution in [-0.2, 0) is 35.6 Å². The van der Waals surface area contributed by atoms with Crippen molar-refractivity contribution in [1.82, 2.24) is 13.8 Å². The van der Waals surface area contributed by atoms with Crippen molar-refractivity contribution in [2.75, 3.05) is 27.4 Å². The van der Waals surface area contributed by atoms with Crippen LogP contribution in [0.3, 0.4) is 0 Å². The van der Waals surface area contributed by atoms with Gasteiger partial charge in [-0.25, -0.2) is 9.46 Å². The zero-order chi connectivity index (χ0) is 44.7. The molecule has 13 nitrogen and oxygen atoms in total. The number of hydrogen-bond acceptors (Lipinski definition) is 11. The molecule has 3 aromatic carbocycles. The standard InChI is InChI=1S/C46H63N4O9PSi/c1-32(2)50(33(3)4)60(56-30-16-28-47)58-41-39(57-43(42(41)59-61(11,12)45(5,6)7)49-29-27-40(51)48(8)44(49)52)31-55-46(34-17-14-13-15-18-34,35-19-23-37(53-9)24-20-35)36-21-25-38(54-10)26-22-36/h13-15,17-27,29,32-33,39,41-43H,16,30-31H2,1-12H3/t39-,41-,42-,43-,60?/m1/s1. The smallest absolute Gasteiger partial charge is 0.332 e. The first kappa shape index (κ1) is 47.9. The first-order valence-corrected chi connectivity index (χ1v) is 24.8. The van der Waals surface area contributed by atoms with E-state index in [2.05, 4.69) is 72.3 Å². The van der Waals surface area contributed by atoms with Gasteiger partial charge in [-0.2, -0.15) is 5.26 Å². The highest BCUT2D eigenvalue weighted by atomic mass is 31.2. The quantitative estimate of drug-likeness (QED) is 0.0388. The molecule has 1 saturated heterocycles. The van der Waals surface area contributed by atoms with E-state index in [-0.39, 0.29) is 36.8 Å². The third kappa shape index (κ3) is 10.6. The van der Waals surface area contributed by atoms with E-state index < -0.39 is 58.2 Å². The van der Waals surface area contributed by atoms with E-state index >= 15 is 0 Å². The van der Waals surface area contributed by atoms with Gasteiger partial charge in [0.05, 0.1) is 39.9 Å². The van der Waals surface area contributed by atoms with Gasteiger partial charge < -0.3 is 32.4 Å². The van der Waals surface area contributed by atoms with Gasteiger partial charge in [-0.05, 0) is 86.8 Å². The Kier molecular flexibility index (Phi) is 16.0. The Morgan fingerprint density at radius 3 is 1.87 bits per heavy atom. The van der Waals surface area contributed by atoms with Gasteiger partial charge in [0, 0.05) is 31.4 Å². The number of aromatic nitrogens is 2. The monoisotopic (exact) mass is 874 g/mol. The molecule has 0 bridgehead atoms. The summed E-state index contributed by atoms with van der Waals surface area (Å²) in [5.41, 5.74) is 0.300. The minimum Gasteiger partial charge on any atom is -0.497 e. The highest BCUT2D eigenvalue weighted by Crippen LogP contribution is 2.52. The maximum atomic E-state index is 14.0. The number of ether oxygens (including phenoxy) is 4. The first-order valence-electron chi connectivity index (χ1n) is 20.7. The topological polar surface area (TPSA) is 136 Å². The molecule has 0 amide bonds. The van der Waals surface area contributed by atoms with Crippen molar-refractivity contribution >= 4 is 16.8 Å². The lowest BCUT2D eigenvalue weighted by Crippen LogP contribution is -2.51. The van der Waals surface area contributed by atoms with Crippen LogP contribution in [0, 0.1) is 11.3 Å².